The van der Waals surface area contributed by atoms with Gasteiger partial charge in [0.2, 0.25) is 0 Å². The summed E-state index contributed by atoms with van der Waals surface area (Å²) in [6.45, 7) is 1.46. The van der Waals surface area contributed by atoms with Crippen molar-refractivity contribution in [2.45, 2.75) is 12.8 Å². The summed E-state index contributed by atoms with van der Waals surface area (Å²) in [5, 5.41) is 13.4. The topological polar surface area (TPSA) is 94.1 Å². The summed E-state index contributed by atoms with van der Waals surface area (Å²) in [6.07, 6.45) is 3.17. The third-order valence-corrected chi connectivity index (χ3v) is 1.90. The van der Waals surface area contributed by atoms with Crippen molar-refractivity contribution >= 4 is 11.5 Å². The van der Waals surface area contributed by atoms with E-state index in [1.165, 1.54) is 12.3 Å². The Bertz CT molecular complexity index is 312. The van der Waals surface area contributed by atoms with Crippen molar-refractivity contribution < 1.29 is 4.92 Å². The van der Waals surface area contributed by atoms with Crippen LogP contribution in [0.15, 0.2) is 18.3 Å². The second-order valence-electron chi connectivity index (χ2n) is 3.08. The Morgan fingerprint density at radius 1 is 1.47 bits per heavy atom. The molecular weight excluding hydrogens is 196 g/mol. The minimum atomic E-state index is -0.467. The van der Waals surface area contributed by atoms with Gasteiger partial charge in [0.05, 0.1) is 4.92 Å². The van der Waals surface area contributed by atoms with Crippen molar-refractivity contribution in [3.05, 3.63) is 28.4 Å². The molecule has 1 rings (SSSR count). The van der Waals surface area contributed by atoms with Crippen LogP contribution in [-0.2, 0) is 0 Å². The molecular formula is C9H14N4O2. The van der Waals surface area contributed by atoms with Gasteiger partial charge in [0.1, 0.15) is 12.0 Å². The molecule has 0 radical (unpaired) electrons. The van der Waals surface area contributed by atoms with Crippen molar-refractivity contribution in [3.8, 4) is 0 Å². The highest BCUT2D eigenvalue weighted by Crippen LogP contribution is 2.11. The molecule has 0 spiro atoms. The highest BCUT2D eigenvalue weighted by molar-refractivity contribution is 5.39. The Morgan fingerprint density at radius 3 is 2.80 bits per heavy atom. The summed E-state index contributed by atoms with van der Waals surface area (Å²) in [5.41, 5.74) is 5.35. The van der Waals surface area contributed by atoms with Crippen molar-refractivity contribution in [2.24, 2.45) is 5.73 Å². The molecule has 0 aliphatic heterocycles. The zero-order chi connectivity index (χ0) is 11.1. The molecule has 0 saturated heterocycles. The fourth-order valence-corrected chi connectivity index (χ4v) is 1.08. The fraction of sp³-hybridized carbons (Fsp3) is 0.444. The molecule has 0 aromatic carbocycles. The van der Waals surface area contributed by atoms with Crippen molar-refractivity contribution in [3.63, 3.8) is 0 Å². The number of nitrogens with two attached hydrogens (primary N) is 1. The third-order valence-electron chi connectivity index (χ3n) is 1.90. The Hall–Kier alpha value is -1.69. The van der Waals surface area contributed by atoms with E-state index in [-0.39, 0.29) is 5.69 Å². The summed E-state index contributed by atoms with van der Waals surface area (Å²) >= 11 is 0. The maximum absolute atomic E-state index is 10.3. The highest BCUT2D eigenvalue weighted by atomic mass is 16.6. The van der Waals surface area contributed by atoms with E-state index in [4.69, 9.17) is 5.73 Å². The summed E-state index contributed by atoms with van der Waals surface area (Å²) in [5.74, 6) is 0.651. The zero-order valence-corrected chi connectivity index (χ0v) is 8.35. The average molecular weight is 210 g/mol. The lowest BCUT2D eigenvalue weighted by atomic mass is 10.3. The quantitative estimate of drug-likeness (QED) is 0.417. The molecule has 6 nitrogen and oxygen atoms in total. The Labute approximate surface area is 87.7 Å². The molecule has 3 N–H and O–H groups in total. The number of nitrogens with zero attached hydrogens (tertiary/aromatic N) is 2. The van der Waals surface area contributed by atoms with Crippen LogP contribution in [0.2, 0.25) is 0 Å². The summed E-state index contributed by atoms with van der Waals surface area (Å²) in [4.78, 5) is 13.8. The first-order valence-corrected chi connectivity index (χ1v) is 4.78. The molecule has 0 aliphatic rings. The monoisotopic (exact) mass is 210 g/mol. The van der Waals surface area contributed by atoms with Gasteiger partial charge < -0.3 is 11.1 Å². The number of aromatic nitrogens is 1. The van der Waals surface area contributed by atoms with Gasteiger partial charge >= 0.3 is 0 Å². The van der Waals surface area contributed by atoms with Gasteiger partial charge in [-0.05, 0) is 25.5 Å². The van der Waals surface area contributed by atoms with Crippen LogP contribution in [0.25, 0.3) is 0 Å². The van der Waals surface area contributed by atoms with Crippen LogP contribution in [0.3, 0.4) is 0 Å². The predicted molar refractivity (Wildman–Crippen MR) is 57.7 cm³/mol. The molecule has 6 heteroatoms. The minimum absolute atomic E-state index is 0.00232. The summed E-state index contributed by atoms with van der Waals surface area (Å²) in [7, 11) is 0. The maximum atomic E-state index is 10.3. The minimum Gasteiger partial charge on any atom is -0.370 e. The lowest BCUT2D eigenvalue weighted by Gasteiger charge is -2.03. The molecule has 0 atom stereocenters. The molecule has 0 saturated carbocycles. The van der Waals surface area contributed by atoms with E-state index in [0.29, 0.717) is 12.4 Å². The zero-order valence-electron chi connectivity index (χ0n) is 8.35. The number of anilines is 1. The lowest BCUT2D eigenvalue weighted by Crippen LogP contribution is -2.06. The molecule has 82 valence electrons. The number of pyridine rings is 1. The SMILES string of the molecule is NCCCCNc1ccc([N+](=O)[O-])cn1. The molecule has 0 unspecified atom stereocenters. The summed E-state index contributed by atoms with van der Waals surface area (Å²) < 4.78 is 0. The Morgan fingerprint density at radius 2 is 2.27 bits per heavy atom. The predicted octanol–water partition coefficient (Wildman–Crippen LogP) is 1.14. The van der Waals surface area contributed by atoms with Crippen LogP contribution in [0.1, 0.15) is 12.8 Å². The van der Waals surface area contributed by atoms with Gasteiger partial charge in [-0.25, -0.2) is 4.98 Å². The van der Waals surface area contributed by atoms with Crippen LogP contribution < -0.4 is 11.1 Å². The van der Waals surface area contributed by atoms with E-state index < -0.39 is 4.92 Å². The Balaban J connectivity index is 2.39. The van der Waals surface area contributed by atoms with Crippen LogP contribution in [0, 0.1) is 10.1 Å². The molecule has 0 aliphatic carbocycles. The summed E-state index contributed by atoms with van der Waals surface area (Å²) in [6, 6.07) is 3.03. The van der Waals surface area contributed by atoms with E-state index in [1.807, 2.05) is 0 Å². The average Bonchev–Trinajstić information content (AvgIpc) is 2.25. The van der Waals surface area contributed by atoms with Crippen molar-refractivity contribution in [1.82, 2.24) is 4.98 Å². The number of nitrogens with one attached hydrogen (secondary N) is 1. The maximum Gasteiger partial charge on any atom is 0.287 e. The fourth-order valence-electron chi connectivity index (χ4n) is 1.08. The van der Waals surface area contributed by atoms with E-state index in [0.717, 1.165) is 19.4 Å². The lowest BCUT2D eigenvalue weighted by molar-refractivity contribution is -0.385. The normalized spacial score (nSPS) is 9.93. The van der Waals surface area contributed by atoms with Gasteiger partial charge in [-0.2, -0.15) is 0 Å². The van der Waals surface area contributed by atoms with Gasteiger partial charge in [0.15, 0.2) is 0 Å². The second kappa shape index (κ2) is 5.92. The van der Waals surface area contributed by atoms with E-state index >= 15 is 0 Å². The number of hydrogen-bond donors (Lipinski definition) is 2. The standard InChI is InChI=1S/C9H14N4O2/c10-5-1-2-6-11-9-4-3-8(7-12-9)13(14)15/h3-4,7H,1-2,5-6,10H2,(H,11,12). The van der Waals surface area contributed by atoms with Gasteiger partial charge in [0.25, 0.3) is 5.69 Å². The Kier molecular flexibility index (Phi) is 4.49. The number of rotatable bonds is 6. The second-order valence-corrected chi connectivity index (χ2v) is 3.08. The highest BCUT2D eigenvalue weighted by Gasteiger charge is 2.04. The van der Waals surface area contributed by atoms with E-state index in [9.17, 15) is 10.1 Å². The molecule has 0 amide bonds. The van der Waals surface area contributed by atoms with Crippen LogP contribution in [0.5, 0.6) is 0 Å². The van der Waals surface area contributed by atoms with Gasteiger partial charge in [-0.1, -0.05) is 0 Å². The van der Waals surface area contributed by atoms with Crippen molar-refractivity contribution in [2.75, 3.05) is 18.4 Å². The van der Waals surface area contributed by atoms with E-state index in [1.54, 1.807) is 6.07 Å². The third kappa shape index (κ3) is 3.90. The van der Waals surface area contributed by atoms with Gasteiger partial charge in [0, 0.05) is 12.6 Å². The van der Waals surface area contributed by atoms with Crippen molar-refractivity contribution in [1.29, 1.82) is 0 Å². The molecule has 1 aromatic rings. The van der Waals surface area contributed by atoms with Crippen LogP contribution >= 0.6 is 0 Å². The molecule has 0 bridgehead atoms. The molecule has 1 aromatic heterocycles. The first-order valence-electron chi connectivity index (χ1n) is 4.78. The van der Waals surface area contributed by atoms with Gasteiger partial charge in [-0.15, -0.1) is 0 Å². The largest absolute Gasteiger partial charge is 0.370 e. The number of nitro groups is 1. The molecule has 15 heavy (non-hydrogen) atoms. The molecule has 1 heterocycles. The van der Waals surface area contributed by atoms with Crippen LogP contribution in [-0.4, -0.2) is 23.0 Å². The smallest absolute Gasteiger partial charge is 0.287 e. The number of hydrogen-bond acceptors (Lipinski definition) is 5. The van der Waals surface area contributed by atoms with Crippen LogP contribution in [0.4, 0.5) is 11.5 Å². The molecule has 0 fully saturated rings. The number of unbranched alkanes of at least 4 members (excludes halogenated alkanes) is 1. The van der Waals surface area contributed by atoms with E-state index in [2.05, 4.69) is 10.3 Å². The van der Waals surface area contributed by atoms with Gasteiger partial charge in [-0.3, -0.25) is 10.1 Å². The first-order chi connectivity index (χ1) is 7.24. The first kappa shape index (κ1) is 11.4.